The highest BCUT2D eigenvalue weighted by molar-refractivity contribution is 9.12. The molecule has 1 unspecified atom stereocenters. The predicted molar refractivity (Wildman–Crippen MR) is 70.1 cm³/mol. The lowest BCUT2D eigenvalue weighted by Crippen LogP contribution is -2.09. The van der Waals surface area contributed by atoms with Crippen molar-refractivity contribution in [1.82, 2.24) is 0 Å². The molecule has 0 fully saturated rings. The predicted octanol–water partition coefficient (Wildman–Crippen LogP) is 4.38. The molecule has 2 rings (SSSR count). The van der Waals surface area contributed by atoms with Crippen molar-refractivity contribution >= 4 is 54.5 Å². The maximum atomic E-state index is 6.14. The molecule has 0 aromatic carbocycles. The van der Waals surface area contributed by atoms with E-state index in [9.17, 15) is 0 Å². The van der Waals surface area contributed by atoms with Gasteiger partial charge in [-0.3, -0.25) is 0 Å². The number of hydrogen-bond acceptors (Lipinski definition) is 3. The van der Waals surface area contributed by atoms with E-state index in [2.05, 4.69) is 44.0 Å². The Labute approximate surface area is 107 Å². The van der Waals surface area contributed by atoms with Crippen LogP contribution in [0.4, 0.5) is 0 Å². The second kappa shape index (κ2) is 4.45. The smallest absolute Gasteiger partial charge is 0.0761 e. The summed E-state index contributed by atoms with van der Waals surface area (Å²) < 4.78 is 2.21. The third-order valence-corrected chi connectivity index (χ3v) is 5.21. The van der Waals surface area contributed by atoms with Crippen LogP contribution in [0.1, 0.15) is 16.5 Å². The minimum atomic E-state index is -0.0214. The number of hydrogen-bond donors (Lipinski definition) is 1. The normalized spacial score (nSPS) is 13.1. The summed E-state index contributed by atoms with van der Waals surface area (Å²) in [6.07, 6.45) is 0. The van der Waals surface area contributed by atoms with Crippen LogP contribution in [0.3, 0.4) is 0 Å². The molecule has 1 nitrogen and oxygen atoms in total. The summed E-state index contributed by atoms with van der Waals surface area (Å²) in [5.41, 5.74) is 7.28. The van der Waals surface area contributed by atoms with E-state index >= 15 is 0 Å². The van der Waals surface area contributed by atoms with Gasteiger partial charge in [0.15, 0.2) is 0 Å². The Morgan fingerprint density at radius 1 is 1.36 bits per heavy atom. The molecule has 0 spiro atoms. The highest BCUT2D eigenvalue weighted by Gasteiger charge is 2.15. The summed E-state index contributed by atoms with van der Waals surface area (Å²) in [6, 6.07) is 6.13. The van der Waals surface area contributed by atoms with Gasteiger partial charge in [-0.05, 0) is 49.4 Å². The summed E-state index contributed by atoms with van der Waals surface area (Å²) in [5, 5.41) is 2.05. The van der Waals surface area contributed by atoms with Gasteiger partial charge in [0.25, 0.3) is 0 Å². The monoisotopic (exact) mass is 351 g/mol. The molecule has 5 heteroatoms. The lowest BCUT2D eigenvalue weighted by Gasteiger charge is -2.07. The number of thiophene rings is 2. The average Bonchev–Trinajstić information content (AvgIpc) is 2.73. The van der Waals surface area contributed by atoms with E-state index in [1.54, 1.807) is 22.7 Å². The number of nitrogens with two attached hydrogens (primary N) is 1. The zero-order valence-corrected chi connectivity index (χ0v) is 11.8. The minimum Gasteiger partial charge on any atom is -0.320 e. The molecule has 0 saturated carbocycles. The van der Waals surface area contributed by atoms with Gasteiger partial charge < -0.3 is 5.73 Å². The Morgan fingerprint density at radius 2 is 2.14 bits per heavy atom. The molecule has 2 heterocycles. The Kier molecular flexibility index (Phi) is 3.44. The summed E-state index contributed by atoms with van der Waals surface area (Å²) in [7, 11) is 0. The van der Waals surface area contributed by atoms with Crippen molar-refractivity contribution in [2.75, 3.05) is 0 Å². The molecule has 0 bridgehead atoms. The Balaban J connectivity index is 2.36. The zero-order chi connectivity index (χ0) is 10.1. The molecule has 74 valence electrons. The van der Waals surface area contributed by atoms with Crippen LogP contribution < -0.4 is 5.73 Å². The van der Waals surface area contributed by atoms with Crippen LogP contribution in [-0.4, -0.2) is 0 Å². The lowest BCUT2D eigenvalue weighted by atomic mass is 10.1. The lowest BCUT2D eigenvalue weighted by molar-refractivity contribution is 0.894. The Bertz CT molecular complexity index is 422. The summed E-state index contributed by atoms with van der Waals surface area (Å²) in [5.74, 6) is 0. The molecular weight excluding hydrogens is 346 g/mol. The molecule has 0 saturated heterocycles. The fourth-order valence-corrected chi connectivity index (χ4v) is 4.86. The van der Waals surface area contributed by atoms with Crippen LogP contribution in [0.2, 0.25) is 0 Å². The zero-order valence-electron chi connectivity index (χ0n) is 7.04. The van der Waals surface area contributed by atoms with Gasteiger partial charge in [0.05, 0.1) is 13.6 Å². The standard InChI is InChI=1S/C9H7Br2NS2/c10-7-4-5(9(11)14-7)8(12)6-2-1-3-13-6/h1-4,8H,12H2. The van der Waals surface area contributed by atoms with E-state index in [1.165, 1.54) is 4.88 Å². The first-order valence-electron chi connectivity index (χ1n) is 3.92. The van der Waals surface area contributed by atoms with Crippen molar-refractivity contribution in [1.29, 1.82) is 0 Å². The van der Waals surface area contributed by atoms with Gasteiger partial charge in [0.2, 0.25) is 0 Å². The summed E-state index contributed by atoms with van der Waals surface area (Å²) in [6.45, 7) is 0. The van der Waals surface area contributed by atoms with E-state index in [1.807, 2.05) is 11.4 Å². The van der Waals surface area contributed by atoms with E-state index in [-0.39, 0.29) is 6.04 Å². The molecule has 2 aromatic heterocycles. The van der Waals surface area contributed by atoms with Crippen molar-refractivity contribution in [2.24, 2.45) is 5.73 Å². The molecule has 0 amide bonds. The van der Waals surface area contributed by atoms with Gasteiger partial charge in [-0.1, -0.05) is 6.07 Å². The summed E-state index contributed by atoms with van der Waals surface area (Å²) in [4.78, 5) is 1.19. The van der Waals surface area contributed by atoms with Gasteiger partial charge in [-0.25, -0.2) is 0 Å². The number of rotatable bonds is 2. The van der Waals surface area contributed by atoms with Crippen molar-refractivity contribution in [2.45, 2.75) is 6.04 Å². The maximum absolute atomic E-state index is 6.14. The van der Waals surface area contributed by atoms with Crippen molar-refractivity contribution in [3.8, 4) is 0 Å². The van der Waals surface area contributed by atoms with Gasteiger partial charge in [-0.15, -0.1) is 22.7 Å². The Morgan fingerprint density at radius 3 is 2.64 bits per heavy atom. The van der Waals surface area contributed by atoms with Crippen molar-refractivity contribution in [3.05, 3.63) is 41.6 Å². The molecule has 2 aromatic rings. The molecule has 1 atom stereocenters. The molecule has 0 aliphatic rings. The second-order valence-corrected chi connectivity index (χ2v) is 7.50. The first kappa shape index (κ1) is 10.8. The van der Waals surface area contributed by atoms with Crippen LogP contribution in [-0.2, 0) is 0 Å². The quantitative estimate of drug-likeness (QED) is 0.852. The first-order valence-corrected chi connectivity index (χ1v) is 7.20. The minimum absolute atomic E-state index is 0.0214. The van der Waals surface area contributed by atoms with E-state index < -0.39 is 0 Å². The largest absolute Gasteiger partial charge is 0.320 e. The average molecular weight is 353 g/mol. The van der Waals surface area contributed by atoms with E-state index in [0.717, 1.165) is 13.1 Å². The highest BCUT2D eigenvalue weighted by atomic mass is 79.9. The van der Waals surface area contributed by atoms with Gasteiger partial charge in [0, 0.05) is 10.4 Å². The third kappa shape index (κ3) is 2.12. The van der Waals surface area contributed by atoms with Crippen LogP contribution in [0.15, 0.2) is 31.2 Å². The molecule has 0 radical (unpaired) electrons. The molecule has 2 N–H and O–H groups in total. The molecule has 0 aliphatic heterocycles. The van der Waals surface area contributed by atoms with Crippen molar-refractivity contribution < 1.29 is 0 Å². The van der Waals surface area contributed by atoms with Crippen LogP contribution in [0.5, 0.6) is 0 Å². The fraction of sp³-hybridized carbons (Fsp3) is 0.111. The summed E-state index contributed by atoms with van der Waals surface area (Å²) >= 11 is 10.3. The van der Waals surface area contributed by atoms with Gasteiger partial charge in [-0.2, -0.15) is 0 Å². The van der Waals surface area contributed by atoms with Crippen LogP contribution in [0.25, 0.3) is 0 Å². The first-order chi connectivity index (χ1) is 6.68. The fourth-order valence-electron chi connectivity index (χ4n) is 1.19. The van der Waals surface area contributed by atoms with Gasteiger partial charge in [0.1, 0.15) is 0 Å². The SMILES string of the molecule is NC(c1cccs1)c1cc(Br)sc1Br. The van der Waals surface area contributed by atoms with Crippen LogP contribution >= 0.6 is 54.5 Å². The molecule has 14 heavy (non-hydrogen) atoms. The van der Waals surface area contributed by atoms with E-state index in [4.69, 9.17) is 5.73 Å². The Hall–Kier alpha value is 0.320. The molecular formula is C9H7Br2NS2. The second-order valence-electron chi connectivity index (χ2n) is 2.77. The molecule has 0 aliphatic carbocycles. The van der Waals surface area contributed by atoms with Crippen LogP contribution in [0, 0.1) is 0 Å². The highest BCUT2D eigenvalue weighted by Crippen LogP contribution is 2.37. The van der Waals surface area contributed by atoms with Gasteiger partial charge >= 0.3 is 0 Å². The third-order valence-electron chi connectivity index (χ3n) is 1.87. The van der Waals surface area contributed by atoms with E-state index in [0.29, 0.717) is 0 Å². The van der Waals surface area contributed by atoms with Crippen molar-refractivity contribution in [3.63, 3.8) is 0 Å². The topological polar surface area (TPSA) is 26.0 Å². The maximum Gasteiger partial charge on any atom is 0.0761 e. The number of halogens is 2.